The number of ether oxygens (including phenoxy) is 2. The third-order valence-electron chi connectivity index (χ3n) is 4.05. The Morgan fingerprint density at radius 3 is 2.62 bits per heavy atom. The predicted octanol–water partition coefficient (Wildman–Crippen LogP) is 3.01. The maximum Gasteiger partial charge on any atom is 0.161 e. The molecule has 2 aromatic rings. The SMILES string of the molecule is Cc1ccc(CC(N)C2COc3ccccc3O2)cc1C. The molecule has 2 unspecified atom stereocenters. The first-order valence-corrected chi connectivity index (χ1v) is 7.33. The van der Waals surface area contributed by atoms with Crippen molar-refractivity contribution in [1.29, 1.82) is 0 Å². The summed E-state index contributed by atoms with van der Waals surface area (Å²) >= 11 is 0. The van der Waals surface area contributed by atoms with Crippen molar-refractivity contribution in [2.24, 2.45) is 5.73 Å². The Morgan fingerprint density at radius 2 is 1.86 bits per heavy atom. The van der Waals surface area contributed by atoms with Gasteiger partial charge in [0.1, 0.15) is 12.7 Å². The number of para-hydroxylation sites is 2. The first-order chi connectivity index (χ1) is 10.1. The number of hydrogen-bond donors (Lipinski definition) is 1. The van der Waals surface area contributed by atoms with Gasteiger partial charge < -0.3 is 15.2 Å². The van der Waals surface area contributed by atoms with Crippen LogP contribution in [-0.2, 0) is 6.42 Å². The lowest BCUT2D eigenvalue weighted by Crippen LogP contribution is -2.46. The fourth-order valence-corrected chi connectivity index (χ4v) is 2.58. The molecule has 0 fully saturated rings. The molecule has 0 saturated heterocycles. The first-order valence-electron chi connectivity index (χ1n) is 7.33. The Hall–Kier alpha value is -2.00. The lowest BCUT2D eigenvalue weighted by molar-refractivity contribution is 0.0723. The normalized spacial score (nSPS) is 18.3. The highest BCUT2D eigenvalue weighted by atomic mass is 16.6. The Morgan fingerprint density at radius 1 is 1.10 bits per heavy atom. The summed E-state index contributed by atoms with van der Waals surface area (Å²) in [5.41, 5.74) is 10.2. The van der Waals surface area contributed by atoms with Crippen LogP contribution in [0.2, 0.25) is 0 Å². The second-order valence-corrected chi connectivity index (χ2v) is 5.70. The van der Waals surface area contributed by atoms with E-state index in [1.165, 1.54) is 16.7 Å². The molecule has 0 amide bonds. The molecule has 0 saturated carbocycles. The van der Waals surface area contributed by atoms with E-state index in [0.29, 0.717) is 6.61 Å². The van der Waals surface area contributed by atoms with Crippen molar-refractivity contribution in [2.75, 3.05) is 6.61 Å². The van der Waals surface area contributed by atoms with Crippen molar-refractivity contribution in [2.45, 2.75) is 32.4 Å². The van der Waals surface area contributed by atoms with Crippen molar-refractivity contribution in [3.8, 4) is 11.5 Å². The largest absolute Gasteiger partial charge is 0.486 e. The van der Waals surface area contributed by atoms with E-state index in [2.05, 4.69) is 32.0 Å². The molecule has 0 spiro atoms. The summed E-state index contributed by atoms with van der Waals surface area (Å²) in [6.45, 7) is 4.75. The molecule has 110 valence electrons. The van der Waals surface area contributed by atoms with Gasteiger partial charge in [0.05, 0.1) is 0 Å². The van der Waals surface area contributed by atoms with Gasteiger partial charge in [-0.1, -0.05) is 30.3 Å². The maximum absolute atomic E-state index is 6.32. The molecule has 2 N–H and O–H groups in total. The second kappa shape index (κ2) is 5.78. The molecule has 0 aromatic heterocycles. The Labute approximate surface area is 125 Å². The zero-order valence-electron chi connectivity index (χ0n) is 12.5. The minimum absolute atomic E-state index is 0.0829. The van der Waals surface area contributed by atoms with Gasteiger partial charge >= 0.3 is 0 Å². The molecule has 3 rings (SSSR count). The molecule has 21 heavy (non-hydrogen) atoms. The summed E-state index contributed by atoms with van der Waals surface area (Å²) in [6.07, 6.45) is 0.679. The van der Waals surface area contributed by atoms with E-state index >= 15 is 0 Å². The average molecular weight is 283 g/mol. The first kappa shape index (κ1) is 14.0. The van der Waals surface area contributed by atoms with Gasteiger partial charge in [-0.05, 0) is 49.1 Å². The van der Waals surface area contributed by atoms with E-state index in [1.807, 2.05) is 24.3 Å². The average Bonchev–Trinajstić information content (AvgIpc) is 2.50. The number of benzene rings is 2. The van der Waals surface area contributed by atoms with Gasteiger partial charge in [0.25, 0.3) is 0 Å². The van der Waals surface area contributed by atoms with Crippen molar-refractivity contribution in [3.63, 3.8) is 0 Å². The van der Waals surface area contributed by atoms with Gasteiger partial charge in [0.15, 0.2) is 11.5 Å². The summed E-state index contributed by atoms with van der Waals surface area (Å²) in [6, 6.07) is 14.1. The van der Waals surface area contributed by atoms with Crippen LogP contribution in [0.4, 0.5) is 0 Å². The van der Waals surface area contributed by atoms with Crippen LogP contribution in [0.3, 0.4) is 0 Å². The van der Waals surface area contributed by atoms with Crippen LogP contribution in [0, 0.1) is 13.8 Å². The minimum Gasteiger partial charge on any atom is -0.486 e. The van der Waals surface area contributed by atoms with Gasteiger partial charge in [0, 0.05) is 6.04 Å². The van der Waals surface area contributed by atoms with E-state index in [-0.39, 0.29) is 12.1 Å². The van der Waals surface area contributed by atoms with Gasteiger partial charge in [-0.15, -0.1) is 0 Å². The van der Waals surface area contributed by atoms with Gasteiger partial charge in [-0.3, -0.25) is 0 Å². The monoisotopic (exact) mass is 283 g/mol. The van der Waals surface area contributed by atoms with Crippen molar-refractivity contribution in [3.05, 3.63) is 59.2 Å². The number of aryl methyl sites for hydroxylation is 2. The van der Waals surface area contributed by atoms with Crippen LogP contribution in [0.5, 0.6) is 11.5 Å². The molecule has 3 heteroatoms. The Balaban J connectivity index is 1.69. The highest BCUT2D eigenvalue weighted by Gasteiger charge is 2.26. The zero-order valence-corrected chi connectivity index (χ0v) is 12.5. The number of rotatable bonds is 3. The summed E-state index contributed by atoms with van der Waals surface area (Å²) in [7, 11) is 0. The molecular weight excluding hydrogens is 262 g/mol. The standard InChI is InChI=1S/C18H21NO2/c1-12-7-8-14(9-13(12)2)10-15(19)18-11-20-16-5-3-4-6-17(16)21-18/h3-9,15,18H,10-11,19H2,1-2H3. The zero-order chi connectivity index (χ0) is 14.8. The summed E-state index contributed by atoms with van der Waals surface area (Å²) in [5, 5.41) is 0. The number of nitrogens with two attached hydrogens (primary N) is 1. The van der Waals surface area contributed by atoms with E-state index in [4.69, 9.17) is 15.2 Å². The Bertz CT molecular complexity index is 639. The smallest absolute Gasteiger partial charge is 0.161 e. The second-order valence-electron chi connectivity index (χ2n) is 5.70. The minimum atomic E-state index is -0.110. The van der Waals surface area contributed by atoms with Crippen molar-refractivity contribution < 1.29 is 9.47 Å². The highest BCUT2D eigenvalue weighted by molar-refractivity contribution is 5.41. The summed E-state index contributed by atoms with van der Waals surface area (Å²) in [4.78, 5) is 0. The third-order valence-corrected chi connectivity index (χ3v) is 4.05. The summed E-state index contributed by atoms with van der Waals surface area (Å²) in [5.74, 6) is 1.58. The molecule has 2 aromatic carbocycles. The van der Waals surface area contributed by atoms with Gasteiger partial charge in [0.2, 0.25) is 0 Å². The third kappa shape index (κ3) is 3.03. The van der Waals surface area contributed by atoms with Crippen molar-refractivity contribution in [1.82, 2.24) is 0 Å². The van der Waals surface area contributed by atoms with E-state index in [9.17, 15) is 0 Å². The van der Waals surface area contributed by atoms with Crippen LogP contribution in [0.1, 0.15) is 16.7 Å². The highest BCUT2D eigenvalue weighted by Crippen LogP contribution is 2.31. The fourth-order valence-electron chi connectivity index (χ4n) is 2.58. The molecule has 3 nitrogen and oxygen atoms in total. The molecule has 1 aliphatic rings. The molecule has 0 bridgehead atoms. The van der Waals surface area contributed by atoms with E-state index in [1.54, 1.807) is 0 Å². The lowest BCUT2D eigenvalue weighted by Gasteiger charge is -2.30. The van der Waals surface area contributed by atoms with E-state index in [0.717, 1.165) is 17.9 Å². The molecule has 0 aliphatic carbocycles. The van der Waals surface area contributed by atoms with E-state index < -0.39 is 0 Å². The van der Waals surface area contributed by atoms with Crippen LogP contribution in [-0.4, -0.2) is 18.8 Å². The van der Waals surface area contributed by atoms with Crippen LogP contribution in [0.15, 0.2) is 42.5 Å². The van der Waals surface area contributed by atoms with Crippen LogP contribution >= 0.6 is 0 Å². The van der Waals surface area contributed by atoms with Crippen LogP contribution < -0.4 is 15.2 Å². The summed E-state index contributed by atoms with van der Waals surface area (Å²) < 4.78 is 11.7. The topological polar surface area (TPSA) is 44.5 Å². The quantitative estimate of drug-likeness (QED) is 0.941. The molecule has 0 radical (unpaired) electrons. The maximum atomic E-state index is 6.32. The Kier molecular flexibility index (Phi) is 3.84. The van der Waals surface area contributed by atoms with Gasteiger partial charge in [-0.25, -0.2) is 0 Å². The number of fused-ring (bicyclic) bond motifs is 1. The fraction of sp³-hybridized carbons (Fsp3) is 0.333. The van der Waals surface area contributed by atoms with Crippen LogP contribution in [0.25, 0.3) is 0 Å². The molecule has 1 aliphatic heterocycles. The van der Waals surface area contributed by atoms with Gasteiger partial charge in [-0.2, -0.15) is 0 Å². The van der Waals surface area contributed by atoms with Crippen molar-refractivity contribution >= 4 is 0 Å². The predicted molar refractivity (Wildman–Crippen MR) is 83.9 cm³/mol. The molecule has 1 heterocycles. The number of hydrogen-bond acceptors (Lipinski definition) is 3. The lowest BCUT2D eigenvalue weighted by atomic mass is 9.98. The molecule has 2 atom stereocenters. The molecular formula is C18H21NO2.